The summed E-state index contributed by atoms with van der Waals surface area (Å²) in [6.07, 6.45) is 4.60. The zero-order chi connectivity index (χ0) is 24.9. The summed E-state index contributed by atoms with van der Waals surface area (Å²) in [5, 5.41) is 4.47. The molecule has 2 bridgehead atoms. The second-order valence-corrected chi connectivity index (χ2v) is 9.19. The third-order valence-electron chi connectivity index (χ3n) is 6.40. The highest BCUT2D eigenvalue weighted by molar-refractivity contribution is 5.92. The van der Waals surface area contributed by atoms with Crippen LogP contribution in [0.15, 0.2) is 73.3 Å². The quantitative estimate of drug-likeness (QED) is 0.426. The molecule has 0 fully saturated rings. The molecule has 8 nitrogen and oxygen atoms in total. The van der Waals surface area contributed by atoms with E-state index >= 15 is 0 Å². The average Bonchev–Trinajstić information content (AvgIpc) is 3.30. The molecule has 1 aliphatic rings. The fraction of sp³-hybridized carbons (Fsp3) is 0.286. The Morgan fingerprint density at radius 1 is 1.08 bits per heavy atom. The summed E-state index contributed by atoms with van der Waals surface area (Å²) in [6, 6.07) is 16.0. The Kier molecular flexibility index (Phi) is 7.04. The van der Waals surface area contributed by atoms with Crippen molar-refractivity contribution in [2.45, 2.75) is 19.6 Å². The molecular formula is C28H32N6O2. The van der Waals surface area contributed by atoms with E-state index < -0.39 is 0 Å². The third-order valence-corrected chi connectivity index (χ3v) is 6.40. The van der Waals surface area contributed by atoms with Gasteiger partial charge < -0.3 is 29.6 Å². The highest BCUT2D eigenvalue weighted by atomic mass is 16.5. The summed E-state index contributed by atoms with van der Waals surface area (Å²) in [5.41, 5.74) is 4.83. The number of H-pyrrole nitrogens is 1. The van der Waals surface area contributed by atoms with Crippen molar-refractivity contribution in [2.75, 3.05) is 39.1 Å². The van der Waals surface area contributed by atoms with Gasteiger partial charge in [-0.1, -0.05) is 36.9 Å². The third kappa shape index (κ3) is 5.44. The van der Waals surface area contributed by atoms with E-state index in [0.29, 0.717) is 24.7 Å². The number of rotatable bonds is 3. The van der Waals surface area contributed by atoms with Crippen molar-refractivity contribution >= 4 is 22.5 Å². The molecule has 1 aliphatic heterocycles. The Hall–Kier alpha value is -4.04. The molecule has 8 heteroatoms. The maximum atomic E-state index is 6.24. The lowest BCUT2D eigenvalue weighted by Crippen LogP contribution is -2.27. The van der Waals surface area contributed by atoms with Gasteiger partial charge in [0.25, 0.3) is 0 Å². The molecule has 2 aromatic heterocycles. The number of fused-ring (bicyclic) bond motifs is 2. The summed E-state index contributed by atoms with van der Waals surface area (Å²) in [4.78, 5) is 16.8. The SMILES string of the molecule is C=C1COc2cc(ccc2OCc2ccccc2)Nc2ncnc3[nH]cc(c23)CN(C)CCCN1C. The summed E-state index contributed by atoms with van der Waals surface area (Å²) in [7, 11) is 4.19. The predicted octanol–water partition coefficient (Wildman–Crippen LogP) is 4.94. The van der Waals surface area contributed by atoms with E-state index in [0.717, 1.165) is 65.4 Å². The van der Waals surface area contributed by atoms with Crippen molar-refractivity contribution in [3.8, 4) is 11.5 Å². The molecule has 0 saturated carbocycles. The Bertz CT molecular complexity index is 1340. The predicted molar refractivity (Wildman–Crippen MR) is 143 cm³/mol. The summed E-state index contributed by atoms with van der Waals surface area (Å²) >= 11 is 0. The molecule has 3 heterocycles. The number of hydrogen-bond acceptors (Lipinski definition) is 7. The monoisotopic (exact) mass is 484 g/mol. The topological polar surface area (TPSA) is 78.5 Å². The largest absolute Gasteiger partial charge is 0.485 e. The molecular weight excluding hydrogens is 452 g/mol. The van der Waals surface area contributed by atoms with Gasteiger partial charge in [-0.2, -0.15) is 0 Å². The number of hydrogen-bond donors (Lipinski definition) is 2. The zero-order valence-corrected chi connectivity index (χ0v) is 20.8. The molecule has 186 valence electrons. The summed E-state index contributed by atoms with van der Waals surface area (Å²) in [5.74, 6) is 2.08. The van der Waals surface area contributed by atoms with Gasteiger partial charge in [-0.3, -0.25) is 0 Å². The minimum atomic E-state index is 0.372. The van der Waals surface area contributed by atoms with Gasteiger partial charge in [0.1, 0.15) is 31.0 Å². The second kappa shape index (κ2) is 10.7. The number of nitrogens with zero attached hydrogens (tertiary/aromatic N) is 4. The van der Waals surface area contributed by atoms with Crippen molar-refractivity contribution in [1.29, 1.82) is 0 Å². The zero-order valence-electron chi connectivity index (χ0n) is 20.8. The van der Waals surface area contributed by atoms with Crippen molar-refractivity contribution in [3.05, 3.63) is 84.5 Å². The van der Waals surface area contributed by atoms with Gasteiger partial charge in [-0.05, 0) is 43.3 Å². The van der Waals surface area contributed by atoms with Crippen LogP contribution >= 0.6 is 0 Å². The van der Waals surface area contributed by atoms with Crippen molar-refractivity contribution in [2.24, 2.45) is 0 Å². The van der Waals surface area contributed by atoms with E-state index in [4.69, 9.17) is 9.47 Å². The van der Waals surface area contributed by atoms with E-state index in [1.54, 1.807) is 6.33 Å². The molecule has 2 N–H and O–H groups in total. The first-order valence-corrected chi connectivity index (χ1v) is 12.2. The number of anilines is 2. The Balaban J connectivity index is 1.48. The van der Waals surface area contributed by atoms with Gasteiger partial charge in [0, 0.05) is 43.8 Å². The number of benzene rings is 2. The number of ether oxygens (including phenoxy) is 2. The normalized spacial score (nSPS) is 15.4. The molecule has 0 amide bonds. The van der Waals surface area contributed by atoms with Crippen LogP contribution in [0.2, 0.25) is 0 Å². The number of likely N-dealkylation sites (N-methyl/N-ethyl adjacent to an activating group) is 1. The minimum absolute atomic E-state index is 0.372. The molecule has 0 saturated heterocycles. The molecule has 36 heavy (non-hydrogen) atoms. The lowest BCUT2D eigenvalue weighted by atomic mass is 10.2. The lowest BCUT2D eigenvalue weighted by molar-refractivity contribution is 0.249. The van der Waals surface area contributed by atoms with E-state index in [1.165, 1.54) is 0 Å². The van der Waals surface area contributed by atoms with Crippen LogP contribution in [0.25, 0.3) is 11.0 Å². The molecule has 0 unspecified atom stereocenters. The molecule has 2 aromatic carbocycles. The van der Waals surface area contributed by atoms with Crippen LogP contribution in [0.3, 0.4) is 0 Å². The Morgan fingerprint density at radius 3 is 2.81 bits per heavy atom. The van der Waals surface area contributed by atoms with Gasteiger partial charge in [0.15, 0.2) is 11.5 Å². The molecule has 0 spiro atoms. The Labute approximate surface area is 211 Å². The molecule has 5 rings (SSSR count). The average molecular weight is 485 g/mol. The lowest BCUT2D eigenvalue weighted by Gasteiger charge is -2.24. The van der Waals surface area contributed by atoms with Crippen LogP contribution in [0.1, 0.15) is 17.5 Å². The standard InChI is InChI=1S/C28H32N6O2/c1-20-17-35-25-14-23(10-11-24(25)36-18-21-8-5-4-6-9-21)32-28-26-22(15-29-27(26)30-19-31-28)16-33(2)12-7-13-34(20)3/h4-6,8-11,14-15,19H,1,7,12-13,16-18H2,2-3H3,(H2,29,30,31,32). The fourth-order valence-corrected chi connectivity index (χ4v) is 4.31. The van der Waals surface area contributed by atoms with Crippen molar-refractivity contribution < 1.29 is 9.47 Å². The van der Waals surface area contributed by atoms with E-state index in [-0.39, 0.29) is 0 Å². The van der Waals surface area contributed by atoms with Crippen LogP contribution in [-0.4, -0.2) is 58.5 Å². The van der Waals surface area contributed by atoms with Crippen LogP contribution < -0.4 is 14.8 Å². The second-order valence-electron chi connectivity index (χ2n) is 9.19. The summed E-state index contributed by atoms with van der Waals surface area (Å²) < 4.78 is 12.4. The molecule has 0 aliphatic carbocycles. The van der Waals surface area contributed by atoms with Gasteiger partial charge >= 0.3 is 0 Å². The molecule has 4 aromatic rings. The first kappa shape index (κ1) is 23.7. The Morgan fingerprint density at radius 2 is 1.94 bits per heavy atom. The number of aromatic nitrogens is 3. The van der Waals surface area contributed by atoms with E-state index in [1.807, 2.05) is 54.7 Å². The number of nitrogens with one attached hydrogen (secondary N) is 2. The molecule has 0 radical (unpaired) electrons. The maximum Gasteiger partial charge on any atom is 0.163 e. The van der Waals surface area contributed by atoms with Crippen molar-refractivity contribution in [3.63, 3.8) is 0 Å². The first-order valence-electron chi connectivity index (χ1n) is 12.2. The highest BCUT2D eigenvalue weighted by Crippen LogP contribution is 2.34. The van der Waals surface area contributed by atoms with Gasteiger partial charge in [-0.25, -0.2) is 9.97 Å². The van der Waals surface area contributed by atoms with E-state index in [2.05, 4.69) is 50.7 Å². The smallest absolute Gasteiger partial charge is 0.163 e. The van der Waals surface area contributed by atoms with Crippen molar-refractivity contribution in [1.82, 2.24) is 24.8 Å². The highest BCUT2D eigenvalue weighted by Gasteiger charge is 2.16. The van der Waals surface area contributed by atoms with Crippen LogP contribution in [0, 0.1) is 0 Å². The van der Waals surface area contributed by atoms with Gasteiger partial charge in [-0.15, -0.1) is 0 Å². The minimum Gasteiger partial charge on any atom is -0.485 e. The van der Waals surface area contributed by atoms with Crippen LogP contribution in [-0.2, 0) is 13.2 Å². The van der Waals surface area contributed by atoms with Crippen LogP contribution in [0.4, 0.5) is 11.5 Å². The summed E-state index contributed by atoms with van der Waals surface area (Å²) in [6.45, 7) is 7.72. The first-order chi connectivity index (χ1) is 17.6. The molecule has 0 atom stereocenters. The maximum absolute atomic E-state index is 6.24. The van der Waals surface area contributed by atoms with Crippen LogP contribution in [0.5, 0.6) is 11.5 Å². The van der Waals surface area contributed by atoms with E-state index in [9.17, 15) is 0 Å². The fourth-order valence-electron chi connectivity index (χ4n) is 4.31. The van der Waals surface area contributed by atoms with Gasteiger partial charge in [0.2, 0.25) is 0 Å². The number of aromatic amines is 1. The van der Waals surface area contributed by atoms with Gasteiger partial charge in [0.05, 0.1) is 5.39 Å².